The fraction of sp³-hybridized carbons (Fsp3) is 0.619. The van der Waals surface area contributed by atoms with Crippen molar-refractivity contribution in [2.75, 3.05) is 20.2 Å². The lowest BCUT2D eigenvalue weighted by atomic mass is 9.50. The predicted octanol–water partition coefficient (Wildman–Crippen LogP) is 4.97. The van der Waals surface area contributed by atoms with E-state index in [-0.39, 0.29) is 22.3 Å². The maximum Gasteiger partial charge on any atom is 0.332 e. The van der Waals surface area contributed by atoms with E-state index < -0.39 is 10.3 Å². The Labute approximate surface area is 187 Å². The summed E-state index contributed by atoms with van der Waals surface area (Å²) in [5.74, 6) is -0.380. The fourth-order valence-electron chi connectivity index (χ4n) is 6.64. The zero-order chi connectivity index (χ0) is 19.9. The molecule has 3 fully saturated rings. The first-order valence-electron chi connectivity index (χ1n) is 9.88. The van der Waals surface area contributed by atoms with Gasteiger partial charge >= 0.3 is 5.97 Å². The average Bonchev–Trinajstić information content (AvgIpc) is 3.18. The standard InChI is InChI=1S/C21H23Br2ClN2O2/c1-3-19-7-4-8-26-10-15(23)21(17(19)26)13-9-12(22)5-6-14(13)25-16(21)20(24,11-19)18(27)28-2/h5-6,9,15,17H,3-4,7-8,10-11H2,1-2H3/t15-,17+,19+,20-,21?/m1/s1. The van der Waals surface area contributed by atoms with Crippen LogP contribution < -0.4 is 0 Å². The minimum atomic E-state index is -1.23. The van der Waals surface area contributed by atoms with Crippen LogP contribution in [0.15, 0.2) is 27.7 Å². The summed E-state index contributed by atoms with van der Waals surface area (Å²) in [5.41, 5.74) is 2.43. The van der Waals surface area contributed by atoms with Crippen molar-refractivity contribution < 1.29 is 9.53 Å². The highest BCUT2D eigenvalue weighted by Gasteiger charge is 2.75. The SMILES string of the molecule is CC[C@]12CCCN3C[C@@H](Br)C4(C(=Nc5ccc(Br)cc54)[C@@](Cl)(C(=O)OC)C1)[C@@H]32. The number of carbonyl (C=O) groups excluding carboxylic acids is 1. The average molecular weight is 531 g/mol. The van der Waals surface area contributed by atoms with Gasteiger partial charge in [0.2, 0.25) is 0 Å². The summed E-state index contributed by atoms with van der Waals surface area (Å²) >= 11 is 14.9. The molecule has 0 aromatic heterocycles. The van der Waals surface area contributed by atoms with E-state index in [1.165, 1.54) is 12.7 Å². The number of hydrogen-bond donors (Lipinski definition) is 0. The van der Waals surface area contributed by atoms with E-state index >= 15 is 0 Å². The maximum absolute atomic E-state index is 13.1. The monoisotopic (exact) mass is 528 g/mol. The van der Waals surface area contributed by atoms with E-state index in [9.17, 15) is 4.79 Å². The Morgan fingerprint density at radius 3 is 2.96 bits per heavy atom. The van der Waals surface area contributed by atoms with Gasteiger partial charge < -0.3 is 4.74 Å². The number of aliphatic imine (C=N–C) groups is 1. The van der Waals surface area contributed by atoms with Crippen LogP contribution in [0.4, 0.5) is 5.69 Å². The maximum atomic E-state index is 13.1. The molecule has 150 valence electrons. The van der Waals surface area contributed by atoms with Crippen LogP contribution in [0.1, 0.15) is 38.2 Å². The molecule has 7 heteroatoms. The molecular formula is C21H23Br2ClN2O2. The molecule has 0 bridgehead atoms. The van der Waals surface area contributed by atoms with Crippen molar-refractivity contribution in [3.8, 4) is 0 Å². The molecule has 1 unspecified atom stereocenters. The smallest absolute Gasteiger partial charge is 0.332 e. The molecule has 3 aliphatic heterocycles. The summed E-state index contributed by atoms with van der Waals surface area (Å²) < 4.78 is 6.27. The van der Waals surface area contributed by atoms with Crippen LogP contribution in [0.2, 0.25) is 0 Å². The zero-order valence-electron chi connectivity index (χ0n) is 16.0. The molecule has 0 radical (unpaired) electrons. The number of benzene rings is 1. The van der Waals surface area contributed by atoms with Gasteiger partial charge in [-0.15, -0.1) is 0 Å². The molecule has 1 aromatic carbocycles. The molecule has 1 aromatic rings. The molecule has 0 N–H and O–H groups in total. The van der Waals surface area contributed by atoms with Gasteiger partial charge in [-0.25, -0.2) is 4.79 Å². The van der Waals surface area contributed by atoms with Crippen LogP contribution in [-0.4, -0.2) is 52.5 Å². The van der Waals surface area contributed by atoms with Crippen LogP contribution in [0.25, 0.3) is 0 Å². The number of nitrogens with zero attached hydrogens (tertiary/aromatic N) is 2. The largest absolute Gasteiger partial charge is 0.467 e. The van der Waals surface area contributed by atoms with E-state index in [1.54, 1.807) is 0 Å². The summed E-state index contributed by atoms with van der Waals surface area (Å²) in [6.07, 6.45) is 3.78. The van der Waals surface area contributed by atoms with Gasteiger partial charge in [0, 0.05) is 21.9 Å². The van der Waals surface area contributed by atoms with Crippen LogP contribution >= 0.6 is 43.5 Å². The highest BCUT2D eigenvalue weighted by atomic mass is 79.9. The number of carbonyl (C=O) groups is 1. The van der Waals surface area contributed by atoms with Crippen molar-refractivity contribution in [2.45, 2.75) is 53.8 Å². The lowest BCUT2D eigenvalue weighted by Crippen LogP contribution is -2.70. The number of esters is 1. The van der Waals surface area contributed by atoms with Gasteiger partial charge in [-0.3, -0.25) is 9.89 Å². The molecule has 4 aliphatic rings. The number of hydrogen-bond acceptors (Lipinski definition) is 4. The number of methoxy groups -OCH3 is 1. The summed E-state index contributed by atoms with van der Waals surface area (Å²) in [7, 11) is 1.43. The van der Waals surface area contributed by atoms with E-state index in [1.807, 2.05) is 12.1 Å². The zero-order valence-corrected chi connectivity index (χ0v) is 19.9. The summed E-state index contributed by atoms with van der Waals surface area (Å²) in [5, 5.41) is 0. The third-order valence-corrected chi connectivity index (χ3v) is 9.57. The predicted molar refractivity (Wildman–Crippen MR) is 118 cm³/mol. The Morgan fingerprint density at radius 1 is 1.46 bits per heavy atom. The lowest BCUT2D eigenvalue weighted by Gasteiger charge is -2.59. The van der Waals surface area contributed by atoms with Gasteiger partial charge in [-0.2, -0.15) is 0 Å². The number of alkyl halides is 2. The molecule has 3 heterocycles. The number of piperidine rings is 1. The first-order valence-corrected chi connectivity index (χ1v) is 12.0. The van der Waals surface area contributed by atoms with E-state index in [2.05, 4.69) is 49.7 Å². The highest BCUT2D eigenvalue weighted by molar-refractivity contribution is 9.10. The van der Waals surface area contributed by atoms with Gasteiger partial charge in [0.15, 0.2) is 4.87 Å². The van der Waals surface area contributed by atoms with Gasteiger partial charge in [0.05, 0.1) is 23.9 Å². The van der Waals surface area contributed by atoms with Crippen LogP contribution in [-0.2, 0) is 14.9 Å². The molecule has 0 amide bonds. The Morgan fingerprint density at radius 2 is 2.25 bits per heavy atom. The van der Waals surface area contributed by atoms with E-state index in [4.69, 9.17) is 21.3 Å². The molecule has 2 saturated heterocycles. The fourth-order valence-corrected chi connectivity index (χ4v) is 8.63. The second kappa shape index (κ2) is 6.29. The van der Waals surface area contributed by atoms with Crippen molar-refractivity contribution in [1.82, 2.24) is 4.90 Å². The Hall–Kier alpha value is -0.430. The molecule has 1 spiro atoms. The van der Waals surface area contributed by atoms with Gasteiger partial charge in [0.1, 0.15) is 0 Å². The molecule has 1 aliphatic carbocycles. The molecule has 5 atom stereocenters. The molecule has 1 saturated carbocycles. The Bertz CT molecular complexity index is 908. The lowest BCUT2D eigenvalue weighted by molar-refractivity contribution is -0.144. The minimum Gasteiger partial charge on any atom is -0.467 e. The first-order chi connectivity index (χ1) is 13.3. The quantitative estimate of drug-likeness (QED) is 0.401. The summed E-state index contributed by atoms with van der Waals surface area (Å²) in [6.45, 7) is 4.26. The van der Waals surface area contributed by atoms with Gasteiger partial charge in [-0.1, -0.05) is 50.4 Å². The number of rotatable bonds is 2. The van der Waals surface area contributed by atoms with Crippen molar-refractivity contribution >= 4 is 60.8 Å². The molecule has 4 nitrogen and oxygen atoms in total. The minimum absolute atomic E-state index is 0.0420. The van der Waals surface area contributed by atoms with E-state index in [0.29, 0.717) is 6.42 Å². The van der Waals surface area contributed by atoms with Crippen LogP contribution in [0.3, 0.4) is 0 Å². The molecule has 5 rings (SSSR count). The number of halogens is 3. The Kier molecular flexibility index (Phi) is 4.38. The normalized spacial score (nSPS) is 41.1. The van der Waals surface area contributed by atoms with Crippen LogP contribution in [0.5, 0.6) is 0 Å². The van der Waals surface area contributed by atoms with Gasteiger partial charge in [-0.05, 0) is 61.4 Å². The third-order valence-electron chi connectivity index (χ3n) is 7.60. The second-order valence-electron chi connectivity index (χ2n) is 8.64. The van der Waals surface area contributed by atoms with E-state index in [0.717, 1.165) is 48.2 Å². The Balaban J connectivity index is 1.85. The second-order valence-corrected chi connectivity index (χ2v) is 11.3. The van der Waals surface area contributed by atoms with Crippen molar-refractivity contribution in [1.29, 1.82) is 0 Å². The molecular weight excluding hydrogens is 508 g/mol. The van der Waals surface area contributed by atoms with Crippen molar-refractivity contribution in [3.63, 3.8) is 0 Å². The number of fused-ring (bicyclic) bond motifs is 1. The first kappa shape index (κ1) is 19.5. The summed E-state index contributed by atoms with van der Waals surface area (Å²) in [6, 6.07) is 6.51. The van der Waals surface area contributed by atoms with Gasteiger partial charge in [0.25, 0.3) is 0 Å². The number of ether oxygens (including phenoxy) is 1. The highest BCUT2D eigenvalue weighted by Crippen LogP contribution is 2.67. The molecule has 28 heavy (non-hydrogen) atoms. The third kappa shape index (κ3) is 2.16. The van der Waals surface area contributed by atoms with Crippen molar-refractivity contribution in [2.24, 2.45) is 10.4 Å². The van der Waals surface area contributed by atoms with Crippen LogP contribution in [0, 0.1) is 5.41 Å². The summed E-state index contributed by atoms with van der Waals surface area (Å²) in [4.78, 5) is 19.6. The van der Waals surface area contributed by atoms with Crippen molar-refractivity contribution in [3.05, 3.63) is 28.2 Å². The topological polar surface area (TPSA) is 41.9 Å².